The van der Waals surface area contributed by atoms with Gasteiger partial charge in [-0.05, 0) is 53.6 Å². The molecular weight excluding hydrogens is 547 g/mol. The first kappa shape index (κ1) is 29.3. The third-order valence-corrected chi connectivity index (χ3v) is 6.79. The minimum Gasteiger partial charge on any atom is -0.545 e. The van der Waals surface area contributed by atoms with E-state index in [2.05, 4.69) is 8.75 Å². The zero-order valence-corrected chi connectivity index (χ0v) is 25.1. The summed E-state index contributed by atoms with van der Waals surface area (Å²) in [5.41, 5.74) is 1.91. The number of nitrogens with zero attached hydrogens (tertiary/aromatic N) is 2. The molecule has 0 spiro atoms. The van der Waals surface area contributed by atoms with Crippen LogP contribution in [0, 0.1) is 0 Å². The van der Waals surface area contributed by atoms with Crippen molar-refractivity contribution in [2.24, 2.45) is 0 Å². The molecule has 0 radical (unpaired) electrons. The molecule has 1 aromatic heterocycles. The number of ether oxygens (including phenoxy) is 5. The Kier molecular flexibility index (Phi) is 9.31. The first-order chi connectivity index (χ1) is 18.9. The van der Waals surface area contributed by atoms with E-state index in [9.17, 15) is 14.7 Å². The number of methoxy groups -OCH3 is 3. The molecule has 0 unspecified atom stereocenters. The van der Waals surface area contributed by atoms with Gasteiger partial charge in [0.05, 0.1) is 39.0 Å². The summed E-state index contributed by atoms with van der Waals surface area (Å²) in [6.45, 7) is 0.736. The van der Waals surface area contributed by atoms with E-state index < -0.39 is 11.8 Å². The van der Waals surface area contributed by atoms with Crippen LogP contribution < -0.4 is 58.3 Å². The normalized spacial score (nSPS) is 12.7. The SMILES string of the molecule is COc1cc(CC(C(=O)c2ccc3c(c2)OCCO3)=C(C(=O)[O-])c2ccc3nsnc3c2)cc(OC)c1OC.[Na+]. The minimum absolute atomic E-state index is 0. The topological polar surface area (TPSA) is 129 Å². The average Bonchev–Trinajstić information content (AvgIpc) is 3.43. The number of hydrogen-bond donors (Lipinski definition) is 0. The summed E-state index contributed by atoms with van der Waals surface area (Å²) < 4.78 is 35.9. The largest absolute Gasteiger partial charge is 1.00 e. The fourth-order valence-corrected chi connectivity index (χ4v) is 4.95. The molecule has 0 atom stereocenters. The molecule has 1 aliphatic heterocycles. The third kappa shape index (κ3) is 5.78. The van der Waals surface area contributed by atoms with Crippen molar-refractivity contribution in [2.75, 3.05) is 34.5 Å². The van der Waals surface area contributed by atoms with Crippen LogP contribution in [0.5, 0.6) is 28.7 Å². The van der Waals surface area contributed by atoms with Crippen molar-refractivity contribution in [1.82, 2.24) is 8.75 Å². The fourth-order valence-electron chi connectivity index (χ4n) is 4.44. The molecule has 2 heterocycles. The zero-order chi connectivity index (χ0) is 27.5. The first-order valence-corrected chi connectivity index (χ1v) is 12.6. The summed E-state index contributed by atoms with van der Waals surface area (Å²) in [7, 11) is 4.43. The van der Waals surface area contributed by atoms with Gasteiger partial charge in [-0.1, -0.05) is 6.07 Å². The Morgan fingerprint density at radius 2 is 1.50 bits per heavy atom. The van der Waals surface area contributed by atoms with Crippen LogP contribution in [0.25, 0.3) is 16.6 Å². The molecule has 0 saturated heterocycles. The summed E-state index contributed by atoms with van der Waals surface area (Å²) in [6, 6.07) is 12.9. The molecule has 0 amide bonds. The van der Waals surface area contributed by atoms with Crippen LogP contribution in [0.4, 0.5) is 0 Å². The number of carbonyl (C=O) groups is 2. The molecule has 12 heteroatoms. The number of carboxylic acids is 1. The Balaban J connectivity index is 0.00000370. The quantitative estimate of drug-likeness (QED) is 0.155. The van der Waals surface area contributed by atoms with Crippen molar-refractivity contribution in [3.05, 3.63) is 70.8 Å². The van der Waals surface area contributed by atoms with E-state index in [4.69, 9.17) is 23.7 Å². The van der Waals surface area contributed by atoms with Gasteiger partial charge in [0.15, 0.2) is 28.8 Å². The smallest absolute Gasteiger partial charge is 0.545 e. The van der Waals surface area contributed by atoms with Gasteiger partial charge in [-0.15, -0.1) is 0 Å². The molecule has 0 saturated carbocycles. The maximum atomic E-state index is 14.0. The molecule has 0 aliphatic carbocycles. The predicted octanol–water partition coefficient (Wildman–Crippen LogP) is 0.121. The van der Waals surface area contributed by atoms with E-state index in [-0.39, 0.29) is 58.3 Å². The average molecular weight is 571 g/mol. The van der Waals surface area contributed by atoms with Crippen LogP contribution in [-0.2, 0) is 11.2 Å². The minimum atomic E-state index is -1.51. The number of rotatable bonds is 9. The van der Waals surface area contributed by atoms with Gasteiger partial charge in [-0.3, -0.25) is 4.79 Å². The number of carboxylic acid groups (broad SMARTS) is 1. The molecular formula is C28H23N2NaO8S. The number of ketones is 1. The molecule has 5 rings (SSSR count). The molecule has 4 aromatic rings. The predicted molar refractivity (Wildman–Crippen MR) is 141 cm³/mol. The second-order valence-corrected chi connectivity index (χ2v) is 9.04. The third-order valence-electron chi connectivity index (χ3n) is 6.23. The number of allylic oxidation sites excluding steroid dienone is 1. The van der Waals surface area contributed by atoms with Crippen molar-refractivity contribution < 1.29 is 67.9 Å². The van der Waals surface area contributed by atoms with Crippen LogP contribution in [0.3, 0.4) is 0 Å². The standard InChI is InChI=1S/C28H24N2O8S.Na/c1-34-23-11-15(12-24(35-2)27(23)36-3)10-18(26(31)17-5-7-21-22(14-17)38-9-8-37-21)25(28(32)33)16-4-6-19-20(13-16)30-39-29-19;/h4-7,11-14H,8-10H2,1-3H3,(H,32,33);/q;+1/p-1. The molecule has 1 aliphatic rings. The number of hydrogen-bond acceptors (Lipinski definition) is 11. The summed E-state index contributed by atoms with van der Waals surface area (Å²) in [4.78, 5) is 26.7. The van der Waals surface area contributed by atoms with Gasteiger partial charge < -0.3 is 33.6 Å². The van der Waals surface area contributed by atoms with E-state index in [0.29, 0.717) is 58.6 Å². The van der Waals surface area contributed by atoms with E-state index in [1.807, 2.05) is 0 Å². The summed E-state index contributed by atoms with van der Waals surface area (Å²) in [5.74, 6) is -0.0130. The zero-order valence-electron chi connectivity index (χ0n) is 22.3. The molecule has 0 N–H and O–H groups in total. The van der Waals surface area contributed by atoms with Crippen molar-refractivity contribution in [1.29, 1.82) is 0 Å². The number of carbonyl (C=O) groups excluding carboxylic acids is 2. The Labute approximate surface area is 256 Å². The molecule has 3 aromatic carbocycles. The molecule has 10 nitrogen and oxygen atoms in total. The van der Waals surface area contributed by atoms with E-state index in [0.717, 1.165) is 11.7 Å². The van der Waals surface area contributed by atoms with E-state index in [1.165, 1.54) is 21.3 Å². The Hall–Kier alpha value is -3.64. The summed E-state index contributed by atoms with van der Waals surface area (Å²) in [6.07, 6.45) is -0.0827. The van der Waals surface area contributed by atoms with Crippen LogP contribution in [0.2, 0.25) is 0 Å². The second kappa shape index (κ2) is 12.7. The van der Waals surface area contributed by atoms with Crippen LogP contribution in [0.1, 0.15) is 21.5 Å². The Morgan fingerprint density at radius 3 is 2.15 bits per heavy atom. The summed E-state index contributed by atoms with van der Waals surface area (Å²) in [5, 5.41) is 12.7. The molecule has 0 bridgehead atoms. The fraction of sp³-hybridized carbons (Fsp3) is 0.214. The van der Waals surface area contributed by atoms with Crippen molar-refractivity contribution >= 4 is 40.1 Å². The van der Waals surface area contributed by atoms with Gasteiger partial charge in [0.1, 0.15) is 24.2 Å². The monoisotopic (exact) mass is 570 g/mol. The molecule has 40 heavy (non-hydrogen) atoms. The van der Waals surface area contributed by atoms with Gasteiger partial charge >= 0.3 is 29.6 Å². The molecule has 0 fully saturated rings. The summed E-state index contributed by atoms with van der Waals surface area (Å²) >= 11 is 1.01. The molecule has 200 valence electrons. The Bertz CT molecular complexity index is 1590. The number of aromatic nitrogens is 2. The van der Waals surface area contributed by atoms with E-state index in [1.54, 1.807) is 48.5 Å². The van der Waals surface area contributed by atoms with Gasteiger partial charge in [0, 0.05) is 23.1 Å². The maximum absolute atomic E-state index is 14.0. The van der Waals surface area contributed by atoms with Crippen LogP contribution in [0.15, 0.2) is 54.1 Å². The van der Waals surface area contributed by atoms with Gasteiger partial charge in [-0.2, -0.15) is 8.75 Å². The van der Waals surface area contributed by atoms with Crippen LogP contribution in [-0.4, -0.2) is 55.0 Å². The van der Waals surface area contributed by atoms with Crippen molar-refractivity contribution in [3.63, 3.8) is 0 Å². The van der Waals surface area contributed by atoms with Crippen LogP contribution >= 0.6 is 11.7 Å². The second-order valence-electron chi connectivity index (χ2n) is 8.51. The number of aliphatic carboxylic acids is 1. The number of Topliss-reactive ketones (excluding diaryl/α,β-unsaturated/α-hetero) is 1. The Morgan fingerprint density at radius 1 is 0.850 bits per heavy atom. The number of fused-ring (bicyclic) bond motifs is 2. The van der Waals surface area contributed by atoms with Gasteiger partial charge in [-0.25, -0.2) is 0 Å². The van der Waals surface area contributed by atoms with Crippen molar-refractivity contribution in [2.45, 2.75) is 6.42 Å². The van der Waals surface area contributed by atoms with Crippen molar-refractivity contribution in [3.8, 4) is 28.7 Å². The first-order valence-electron chi connectivity index (χ1n) is 11.8. The van der Waals surface area contributed by atoms with Gasteiger partial charge in [0.25, 0.3) is 0 Å². The van der Waals surface area contributed by atoms with E-state index >= 15 is 0 Å². The van der Waals surface area contributed by atoms with Gasteiger partial charge in [0.2, 0.25) is 5.75 Å². The number of benzene rings is 3. The maximum Gasteiger partial charge on any atom is 1.00 e.